The number of hydrogen-bond acceptors (Lipinski definition) is 0. The average Bonchev–Trinajstić information content (AvgIpc) is 2.16. The van der Waals surface area contributed by atoms with Gasteiger partial charge in [-0.05, 0) is 28.7 Å². The van der Waals surface area contributed by atoms with Crippen molar-refractivity contribution in [3.05, 3.63) is 35.9 Å². The van der Waals surface area contributed by atoms with Gasteiger partial charge in [-0.2, -0.15) is 0 Å². The van der Waals surface area contributed by atoms with Crippen LogP contribution >= 0.6 is 0 Å². The third-order valence-corrected chi connectivity index (χ3v) is 3.58. The Balaban J connectivity index is 2.97. The molecule has 0 aliphatic rings. The van der Waals surface area contributed by atoms with Crippen LogP contribution in [0.1, 0.15) is 53.0 Å². The van der Waals surface area contributed by atoms with Crippen LogP contribution in [0, 0.1) is 17.3 Å². The lowest BCUT2D eigenvalue weighted by molar-refractivity contribution is 0.149. The van der Waals surface area contributed by atoms with Crippen molar-refractivity contribution in [1.82, 2.24) is 0 Å². The van der Waals surface area contributed by atoms with E-state index in [0.29, 0.717) is 11.3 Å². The van der Waals surface area contributed by atoms with Crippen LogP contribution in [0.15, 0.2) is 30.3 Å². The molecule has 1 rings (SSSR count). The van der Waals surface area contributed by atoms with E-state index in [4.69, 9.17) is 0 Å². The lowest BCUT2D eigenvalue weighted by Crippen LogP contribution is -2.30. The Labute approximate surface area is 101 Å². The Kier molecular flexibility index (Phi) is 4.18. The highest BCUT2D eigenvalue weighted by Gasteiger charge is 2.32. The molecular weight excluding hydrogens is 192 g/mol. The first kappa shape index (κ1) is 13.3. The van der Waals surface area contributed by atoms with Crippen LogP contribution in [0.25, 0.3) is 0 Å². The molecule has 16 heavy (non-hydrogen) atoms. The van der Waals surface area contributed by atoms with Crippen molar-refractivity contribution in [2.24, 2.45) is 17.3 Å². The van der Waals surface area contributed by atoms with Crippen molar-refractivity contribution in [3.8, 4) is 0 Å². The van der Waals surface area contributed by atoms with Crippen LogP contribution in [0.2, 0.25) is 0 Å². The summed E-state index contributed by atoms with van der Waals surface area (Å²) >= 11 is 0. The van der Waals surface area contributed by atoms with Crippen LogP contribution in [0.5, 0.6) is 0 Å². The number of rotatable bonds is 3. The van der Waals surface area contributed by atoms with Gasteiger partial charge in [0.1, 0.15) is 0 Å². The van der Waals surface area contributed by atoms with E-state index in [-0.39, 0.29) is 0 Å². The molecular formula is C16H26. The van der Waals surface area contributed by atoms with Gasteiger partial charge in [0, 0.05) is 0 Å². The summed E-state index contributed by atoms with van der Waals surface area (Å²) in [6.07, 6.45) is 0. The molecule has 0 bridgehead atoms. The van der Waals surface area contributed by atoms with Gasteiger partial charge in [-0.25, -0.2) is 0 Å². The second-order valence-corrected chi connectivity index (χ2v) is 6.34. The second kappa shape index (κ2) is 5.03. The molecule has 0 heteroatoms. The monoisotopic (exact) mass is 218 g/mol. The summed E-state index contributed by atoms with van der Waals surface area (Å²) in [5.74, 6) is 2.06. The molecule has 2 atom stereocenters. The Morgan fingerprint density at radius 2 is 1.38 bits per heavy atom. The van der Waals surface area contributed by atoms with E-state index in [1.54, 1.807) is 0 Å². The van der Waals surface area contributed by atoms with E-state index in [0.717, 1.165) is 11.8 Å². The van der Waals surface area contributed by atoms with Crippen LogP contribution in [-0.4, -0.2) is 0 Å². The van der Waals surface area contributed by atoms with E-state index >= 15 is 0 Å². The van der Waals surface area contributed by atoms with Gasteiger partial charge in [0.05, 0.1) is 0 Å². The molecule has 1 aromatic rings. The smallest absolute Gasteiger partial charge is 0.0155 e. The Hall–Kier alpha value is -0.780. The lowest BCUT2D eigenvalue weighted by atomic mass is 9.66. The van der Waals surface area contributed by atoms with Gasteiger partial charge in [0.15, 0.2) is 0 Å². The number of hydrogen-bond donors (Lipinski definition) is 0. The third kappa shape index (κ3) is 3.10. The van der Waals surface area contributed by atoms with Crippen LogP contribution in [-0.2, 0) is 0 Å². The minimum atomic E-state index is 0.365. The summed E-state index contributed by atoms with van der Waals surface area (Å²) in [6.45, 7) is 14.1. The summed E-state index contributed by atoms with van der Waals surface area (Å²) in [6, 6.07) is 10.9. The maximum Gasteiger partial charge on any atom is -0.0155 e. The summed E-state index contributed by atoms with van der Waals surface area (Å²) in [4.78, 5) is 0. The summed E-state index contributed by atoms with van der Waals surface area (Å²) < 4.78 is 0. The van der Waals surface area contributed by atoms with Gasteiger partial charge in [-0.1, -0.05) is 71.9 Å². The van der Waals surface area contributed by atoms with Gasteiger partial charge in [-0.15, -0.1) is 0 Å². The molecule has 0 aromatic heterocycles. The molecule has 1 aromatic carbocycles. The third-order valence-electron chi connectivity index (χ3n) is 3.58. The van der Waals surface area contributed by atoms with Crippen molar-refractivity contribution in [2.75, 3.05) is 0 Å². The quantitative estimate of drug-likeness (QED) is 0.661. The molecule has 0 fully saturated rings. The highest BCUT2D eigenvalue weighted by Crippen LogP contribution is 2.42. The van der Waals surface area contributed by atoms with Gasteiger partial charge in [0.25, 0.3) is 0 Å². The first-order chi connectivity index (χ1) is 7.34. The molecule has 0 aliphatic heterocycles. The van der Waals surface area contributed by atoms with Crippen LogP contribution < -0.4 is 0 Å². The van der Waals surface area contributed by atoms with Crippen molar-refractivity contribution in [2.45, 2.75) is 47.5 Å². The van der Waals surface area contributed by atoms with E-state index in [1.807, 2.05) is 0 Å². The molecule has 0 saturated carbocycles. The average molecular weight is 218 g/mol. The van der Waals surface area contributed by atoms with Crippen molar-refractivity contribution < 1.29 is 0 Å². The molecule has 0 N–H and O–H groups in total. The Bertz CT molecular complexity index is 303. The first-order valence-corrected chi connectivity index (χ1v) is 6.39. The highest BCUT2D eigenvalue weighted by molar-refractivity contribution is 5.20. The van der Waals surface area contributed by atoms with E-state index in [9.17, 15) is 0 Å². The second-order valence-electron chi connectivity index (χ2n) is 6.34. The van der Waals surface area contributed by atoms with Gasteiger partial charge >= 0.3 is 0 Å². The van der Waals surface area contributed by atoms with E-state index < -0.39 is 0 Å². The molecule has 0 aliphatic carbocycles. The zero-order valence-electron chi connectivity index (χ0n) is 11.6. The molecule has 0 radical (unpaired) electrons. The summed E-state index contributed by atoms with van der Waals surface area (Å²) in [5, 5.41) is 0. The SMILES string of the molecule is CC(C)C(C(C)c1ccccc1)C(C)(C)C. The molecule has 0 saturated heterocycles. The minimum absolute atomic E-state index is 0.365. The largest absolute Gasteiger partial charge is 0.0625 e. The molecule has 90 valence electrons. The molecule has 2 unspecified atom stereocenters. The summed E-state index contributed by atoms with van der Waals surface area (Å²) in [5.41, 5.74) is 1.83. The minimum Gasteiger partial charge on any atom is -0.0625 e. The fraction of sp³-hybridized carbons (Fsp3) is 0.625. The van der Waals surface area contributed by atoms with Crippen LogP contribution in [0.4, 0.5) is 0 Å². The maximum absolute atomic E-state index is 2.37. The van der Waals surface area contributed by atoms with E-state index in [2.05, 4.69) is 71.9 Å². The molecule has 0 nitrogen and oxygen atoms in total. The van der Waals surface area contributed by atoms with Crippen molar-refractivity contribution in [3.63, 3.8) is 0 Å². The predicted molar refractivity (Wildman–Crippen MR) is 72.6 cm³/mol. The molecule has 0 heterocycles. The maximum atomic E-state index is 2.37. The first-order valence-electron chi connectivity index (χ1n) is 6.39. The Morgan fingerprint density at radius 3 is 1.75 bits per heavy atom. The Morgan fingerprint density at radius 1 is 0.875 bits per heavy atom. The zero-order valence-corrected chi connectivity index (χ0v) is 11.6. The summed E-state index contributed by atoms with van der Waals surface area (Å²) in [7, 11) is 0. The molecule has 0 amide bonds. The predicted octanol–water partition coefficient (Wildman–Crippen LogP) is 5.11. The number of benzene rings is 1. The lowest BCUT2D eigenvalue weighted by Gasteiger charge is -2.39. The zero-order chi connectivity index (χ0) is 12.3. The van der Waals surface area contributed by atoms with Crippen molar-refractivity contribution >= 4 is 0 Å². The molecule has 0 spiro atoms. The standard InChI is InChI=1S/C16H26/c1-12(2)15(16(4,5)6)13(3)14-10-8-7-9-11-14/h7-13,15H,1-6H3. The van der Waals surface area contributed by atoms with Crippen molar-refractivity contribution in [1.29, 1.82) is 0 Å². The fourth-order valence-electron chi connectivity index (χ4n) is 3.29. The van der Waals surface area contributed by atoms with Crippen LogP contribution in [0.3, 0.4) is 0 Å². The van der Waals surface area contributed by atoms with Gasteiger partial charge in [-0.3, -0.25) is 0 Å². The fourth-order valence-corrected chi connectivity index (χ4v) is 3.29. The van der Waals surface area contributed by atoms with Gasteiger partial charge < -0.3 is 0 Å². The topological polar surface area (TPSA) is 0 Å². The normalized spacial score (nSPS) is 16.2. The van der Waals surface area contributed by atoms with Gasteiger partial charge in [0.2, 0.25) is 0 Å². The van der Waals surface area contributed by atoms with E-state index in [1.165, 1.54) is 5.56 Å². The highest BCUT2D eigenvalue weighted by atomic mass is 14.4.